The number of imide groups is 1. The van der Waals surface area contributed by atoms with E-state index in [-0.39, 0.29) is 19.0 Å². The van der Waals surface area contributed by atoms with Crippen LogP contribution in [0, 0.1) is 0 Å². The molecular weight excluding hydrogens is 413 g/mol. The Morgan fingerprint density at radius 1 is 1.10 bits per heavy atom. The van der Waals surface area contributed by atoms with Gasteiger partial charge in [-0.1, -0.05) is 66.5 Å². The molecule has 29 heavy (non-hydrogen) atoms. The van der Waals surface area contributed by atoms with E-state index in [1.807, 2.05) is 25.1 Å². The molecular formula is C21H21Cl2N3O3. The molecule has 1 heterocycles. The fourth-order valence-corrected chi connectivity index (χ4v) is 3.71. The highest BCUT2D eigenvalue weighted by Gasteiger charge is 2.51. The van der Waals surface area contributed by atoms with E-state index in [9.17, 15) is 14.4 Å². The molecule has 1 atom stereocenters. The van der Waals surface area contributed by atoms with E-state index in [4.69, 9.17) is 23.2 Å². The van der Waals surface area contributed by atoms with E-state index in [1.165, 1.54) is 4.90 Å². The van der Waals surface area contributed by atoms with E-state index in [2.05, 4.69) is 5.32 Å². The summed E-state index contributed by atoms with van der Waals surface area (Å²) in [5.41, 5.74) is 0.334. The molecule has 152 valence electrons. The third-order valence-corrected chi connectivity index (χ3v) is 5.83. The Morgan fingerprint density at radius 3 is 2.41 bits per heavy atom. The van der Waals surface area contributed by atoms with Crippen LogP contribution in [0.5, 0.6) is 0 Å². The van der Waals surface area contributed by atoms with E-state index in [1.54, 1.807) is 37.4 Å². The van der Waals surface area contributed by atoms with E-state index >= 15 is 0 Å². The Balaban J connectivity index is 1.73. The van der Waals surface area contributed by atoms with Gasteiger partial charge < -0.3 is 10.2 Å². The lowest BCUT2D eigenvalue weighted by atomic mass is 9.87. The summed E-state index contributed by atoms with van der Waals surface area (Å²) in [5, 5.41) is 3.60. The van der Waals surface area contributed by atoms with Crippen LogP contribution in [0.2, 0.25) is 10.0 Å². The van der Waals surface area contributed by atoms with Crippen LogP contribution in [0.25, 0.3) is 0 Å². The van der Waals surface area contributed by atoms with Crippen LogP contribution in [0.15, 0.2) is 48.5 Å². The minimum Gasteiger partial charge on any atom is -0.340 e. The molecule has 0 bridgehead atoms. The smallest absolute Gasteiger partial charge is 0.325 e. The van der Waals surface area contributed by atoms with Crippen molar-refractivity contribution in [1.82, 2.24) is 15.1 Å². The molecule has 1 aliphatic heterocycles. The molecule has 2 aromatic carbocycles. The maximum Gasteiger partial charge on any atom is 0.325 e. The minimum atomic E-state index is -1.15. The van der Waals surface area contributed by atoms with Crippen molar-refractivity contribution in [2.45, 2.75) is 25.4 Å². The van der Waals surface area contributed by atoms with Crippen molar-refractivity contribution in [3.8, 4) is 0 Å². The number of hydrogen-bond donors (Lipinski definition) is 1. The first-order chi connectivity index (χ1) is 13.8. The number of halogens is 2. The SMILES string of the molecule is CCC1(c2ccccc2)NC(=O)N(CC(=O)N(C)Cc2ccc(Cl)c(Cl)c2)C1=O. The minimum absolute atomic E-state index is 0.275. The second-order valence-corrected chi connectivity index (χ2v) is 7.76. The second-order valence-electron chi connectivity index (χ2n) is 6.94. The second kappa shape index (κ2) is 8.43. The Hall–Kier alpha value is -2.57. The molecule has 0 saturated carbocycles. The third-order valence-electron chi connectivity index (χ3n) is 5.10. The van der Waals surface area contributed by atoms with Crippen LogP contribution in [-0.4, -0.2) is 41.2 Å². The molecule has 0 aliphatic carbocycles. The summed E-state index contributed by atoms with van der Waals surface area (Å²) in [5.74, 6) is -0.785. The zero-order valence-electron chi connectivity index (χ0n) is 16.1. The van der Waals surface area contributed by atoms with Gasteiger partial charge in [-0.15, -0.1) is 0 Å². The van der Waals surface area contributed by atoms with Crippen LogP contribution in [-0.2, 0) is 21.7 Å². The number of urea groups is 1. The quantitative estimate of drug-likeness (QED) is 0.704. The number of rotatable bonds is 6. The van der Waals surface area contributed by atoms with Gasteiger partial charge in [0.15, 0.2) is 0 Å². The van der Waals surface area contributed by atoms with Gasteiger partial charge in [-0.3, -0.25) is 14.5 Å². The van der Waals surface area contributed by atoms with E-state index in [0.717, 1.165) is 10.5 Å². The fraction of sp³-hybridized carbons (Fsp3) is 0.286. The maximum atomic E-state index is 13.1. The first-order valence-electron chi connectivity index (χ1n) is 9.16. The Bertz CT molecular complexity index is 951. The largest absolute Gasteiger partial charge is 0.340 e. The lowest BCUT2D eigenvalue weighted by molar-refractivity contribution is -0.138. The summed E-state index contributed by atoms with van der Waals surface area (Å²) in [4.78, 5) is 40.7. The molecule has 1 fully saturated rings. The highest BCUT2D eigenvalue weighted by atomic mass is 35.5. The summed E-state index contributed by atoms with van der Waals surface area (Å²) < 4.78 is 0. The van der Waals surface area contributed by atoms with Gasteiger partial charge in [0.1, 0.15) is 12.1 Å². The van der Waals surface area contributed by atoms with E-state index in [0.29, 0.717) is 22.0 Å². The van der Waals surface area contributed by atoms with Crippen LogP contribution in [0.3, 0.4) is 0 Å². The summed E-state index contributed by atoms with van der Waals surface area (Å²) in [6.07, 6.45) is 0.380. The molecule has 3 rings (SSSR count). The van der Waals surface area contributed by atoms with E-state index < -0.39 is 17.5 Å². The van der Waals surface area contributed by atoms with Gasteiger partial charge in [0.05, 0.1) is 10.0 Å². The number of likely N-dealkylation sites (N-methyl/N-ethyl adjacent to an activating group) is 1. The normalized spacial score (nSPS) is 18.7. The van der Waals surface area contributed by atoms with Gasteiger partial charge in [-0.2, -0.15) is 0 Å². The van der Waals surface area contributed by atoms with Crippen molar-refractivity contribution < 1.29 is 14.4 Å². The zero-order chi connectivity index (χ0) is 21.2. The van der Waals surface area contributed by atoms with Crippen molar-refractivity contribution in [3.05, 3.63) is 69.7 Å². The lowest BCUT2D eigenvalue weighted by Crippen LogP contribution is -2.45. The summed E-state index contributed by atoms with van der Waals surface area (Å²) in [6, 6.07) is 13.6. The van der Waals surface area contributed by atoms with Crippen molar-refractivity contribution in [2.24, 2.45) is 0 Å². The predicted molar refractivity (Wildman–Crippen MR) is 112 cm³/mol. The summed E-state index contributed by atoms with van der Waals surface area (Å²) in [6.45, 7) is 1.76. The number of amides is 4. The highest BCUT2D eigenvalue weighted by Crippen LogP contribution is 2.32. The van der Waals surface area contributed by atoms with Gasteiger partial charge in [0.25, 0.3) is 5.91 Å². The van der Waals surface area contributed by atoms with Crippen molar-refractivity contribution >= 4 is 41.0 Å². The fourth-order valence-electron chi connectivity index (χ4n) is 3.39. The molecule has 0 radical (unpaired) electrons. The van der Waals surface area contributed by atoms with Crippen LogP contribution in [0.4, 0.5) is 4.79 Å². The Labute approximate surface area is 179 Å². The van der Waals surface area contributed by atoms with Crippen LogP contribution in [0.1, 0.15) is 24.5 Å². The average molecular weight is 434 g/mol. The number of benzene rings is 2. The molecule has 0 aromatic heterocycles. The number of carbonyl (C=O) groups is 3. The predicted octanol–water partition coefficient (Wildman–Crippen LogP) is 3.81. The van der Waals surface area contributed by atoms with Crippen LogP contribution < -0.4 is 5.32 Å². The van der Waals surface area contributed by atoms with Gasteiger partial charge >= 0.3 is 6.03 Å². The van der Waals surface area contributed by atoms with Crippen molar-refractivity contribution in [3.63, 3.8) is 0 Å². The number of nitrogens with one attached hydrogen (secondary N) is 1. The molecule has 8 heteroatoms. The maximum absolute atomic E-state index is 13.1. The molecule has 1 saturated heterocycles. The van der Waals surface area contributed by atoms with Gasteiger partial charge in [0, 0.05) is 13.6 Å². The summed E-state index contributed by atoms with van der Waals surface area (Å²) in [7, 11) is 1.60. The first kappa shape index (κ1) is 21.1. The van der Waals surface area contributed by atoms with Crippen LogP contribution >= 0.6 is 23.2 Å². The van der Waals surface area contributed by atoms with Gasteiger partial charge in [-0.25, -0.2) is 4.79 Å². The molecule has 1 aliphatic rings. The molecule has 1 N–H and O–H groups in total. The molecule has 0 spiro atoms. The average Bonchev–Trinajstić information content (AvgIpc) is 2.96. The van der Waals surface area contributed by atoms with Gasteiger partial charge in [0.2, 0.25) is 5.91 Å². The van der Waals surface area contributed by atoms with Gasteiger partial charge in [-0.05, 0) is 29.7 Å². The Morgan fingerprint density at radius 2 is 1.79 bits per heavy atom. The highest BCUT2D eigenvalue weighted by molar-refractivity contribution is 6.42. The summed E-state index contributed by atoms with van der Waals surface area (Å²) >= 11 is 11.9. The first-order valence-corrected chi connectivity index (χ1v) is 9.91. The number of hydrogen-bond acceptors (Lipinski definition) is 3. The standard InChI is InChI=1S/C21H21Cl2N3O3/c1-3-21(15-7-5-4-6-8-15)19(28)26(20(29)24-21)13-18(27)25(2)12-14-9-10-16(22)17(23)11-14/h4-11H,3,12-13H2,1-2H3,(H,24,29). The molecule has 6 nitrogen and oxygen atoms in total. The number of carbonyl (C=O) groups excluding carboxylic acids is 3. The van der Waals surface area contributed by atoms with Crippen molar-refractivity contribution in [1.29, 1.82) is 0 Å². The monoisotopic (exact) mass is 433 g/mol. The molecule has 1 unspecified atom stereocenters. The third kappa shape index (κ3) is 4.09. The molecule has 4 amide bonds. The topological polar surface area (TPSA) is 69.7 Å². The Kier molecular flexibility index (Phi) is 6.15. The molecule has 2 aromatic rings. The number of nitrogens with zero attached hydrogens (tertiary/aromatic N) is 2. The zero-order valence-corrected chi connectivity index (χ0v) is 17.6. The van der Waals surface area contributed by atoms with Crippen molar-refractivity contribution in [2.75, 3.05) is 13.6 Å². The lowest BCUT2D eigenvalue weighted by Gasteiger charge is -2.26.